The van der Waals surface area contributed by atoms with Crippen LogP contribution in [-0.2, 0) is 6.42 Å². The van der Waals surface area contributed by atoms with Gasteiger partial charge in [-0.3, -0.25) is 0 Å². The van der Waals surface area contributed by atoms with Crippen molar-refractivity contribution in [1.29, 1.82) is 0 Å². The zero-order chi connectivity index (χ0) is 8.67. The van der Waals surface area contributed by atoms with Crippen molar-refractivity contribution in [1.82, 2.24) is 9.97 Å². The SMILES string of the molecule is C1=CNc2sc3cncnc3c2C1. The molecular weight excluding hydrogens is 182 g/mol. The van der Waals surface area contributed by atoms with Crippen molar-refractivity contribution in [3.8, 4) is 0 Å². The molecule has 0 saturated heterocycles. The Morgan fingerprint density at radius 1 is 1.46 bits per heavy atom. The third-order valence-electron chi connectivity index (χ3n) is 2.10. The van der Waals surface area contributed by atoms with Gasteiger partial charge in [0.15, 0.2) is 0 Å². The number of allylic oxidation sites excluding steroid dienone is 1. The number of nitrogens with one attached hydrogen (secondary N) is 1. The molecule has 0 amide bonds. The maximum absolute atomic E-state index is 4.28. The largest absolute Gasteiger partial charge is 0.354 e. The molecule has 3 heterocycles. The summed E-state index contributed by atoms with van der Waals surface area (Å²) in [7, 11) is 0. The molecule has 3 rings (SSSR count). The van der Waals surface area contributed by atoms with Gasteiger partial charge in [-0.25, -0.2) is 9.97 Å². The van der Waals surface area contributed by atoms with E-state index in [2.05, 4.69) is 21.4 Å². The predicted octanol–water partition coefficient (Wildman–Crippen LogP) is 2.17. The summed E-state index contributed by atoms with van der Waals surface area (Å²) in [6, 6.07) is 0. The van der Waals surface area contributed by atoms with Crippen LogP contribution in [0, 0.1) is 0 Å². The van der Waals surface area contributed by atoms with Gasteiger partial charge >= 0.3 is 0 Å². The zero-order valence-corrected chi connectivity index (χ0v) is 7.64. The fourth-order valence-electron chi connectivity index (χ4n) is 1.51. The Morgan fingerprint density at radius 2 is 2.46 bits per heavy atom. The van der Waals surface area contributed by atoms with Gasteiger partial charge < -0.3 is 5.32 Å². The standard InChI is InChI=1S/C9H7N3S/c1-2-6-8-7(4-10-5-12-8)13-9(6)11-3-1/h1,3-5,11H,2H2. The molecule has 0 radical (unpaired) electrons. The minimum absolute atomic E-state index is 0.972. The second-order valence-corrected chi connectivity index (χ2v) is 3.95. The number of fused-ring (bicyclic) bond motifs is 3. The number of nitrogens with zero attached hydrogens (tertiary/aromatic N) is 2. The third-order valence-corrected chi connectivity index (χ3v) is 3.19. The summed E-state index contributed by atoms with van der Waals surface area (Å²) in [5.41, 5.74) is 2.39. The molecule has 1 aliphatic heterocycles. The van der Waals surface area contributed by atoms with Gasteiger partial charge in [0, 0.05) is 11.8 Å². The monoisotopic (exact) mass is 189 g/mol. The van der Waals surface area contributed by atoms with Crippen LogP contribution in [0.5, 0.6) is 0 Å². The summed E-state index contributed by atoms with van der Waals surface area (Å²) in [4.78, 5) is 8.29. The van der Waals surface area contributed by atoms with Gasteiger partial charge in [-0.15, -0.1) is 11.3 Å². The zero-order valence-electron chi connectivity index (χ0n) is 6.82. The van der Waals surface area contributed by atoms with Crippen LogP contribution < -0.4 is 5.32 Å². The van der Waals surface area contributed by atoms with Crippen molar-refractivity contribution in [2.75, 3.05) is 5.32 Å². The molecule has 0 saturated carbocycles. The number of hydrogen-bond donors (Lipinski definition) is 1. The van der Waals surface area contributed by atoms with E-state index in [-0.39, 0.29) is 0 Å². The van der Waals surface area contributed by atoms with E-state index in [0.29, 0.717) is 0 Å². The van der Waals surface area contributed by atoms with Gasteiger partial charge in [0.2, 0.25) is 0 Å². The number of aromatic nitrogens is 2. The maximum atomic E-state index is 4.28. The van der Waals surface area contributed by atoms with E-state index in [1.54, 1.807) is 17.7 Å². The van der Waals surface area contributed by atoms with E-state index < -0.39 is 0 Å². The topological polar surface area (TPSA) is 37.8 Å². The summed E-state index contributed by atoms with van der Waals surface area (Å²) in [6.07, 6.45) is 8.53. The Labute approximate surface area is 79.1 Å². The highest BCUT2D eigenvalue weighted by molar-refractivity contribution is 7.23. The van der Waals surface area contributed by atoms with Crippen LogP contribution in [0.15, 0.2) is 24.8 Å². The molecule has 0 unspecified atom stereocenters. The highest BCUT2D eigenvalue weighted by atomic mass is 32.1. The molecule has 1 N–H and O–H groups in total. The Hall–Kier alpha value is -1.42. The molecule has 0 spiro atoms. The average molecular weight is 189 g/mol. The van der Waals surface area contributed by atoms with Crippen LogP contribution in [0.25, 0.3) is 10.2 Å². The molecule has 0 aromatic carbocycles. The quantitative estimate of drug-likeness (QED) is 0.690. The average Bonchev–Trinajstić information content (AvgIpc) is 2.56. The maximum Gasteiger partial charge on any atom is 0.116 e. The van der Waals surface area contributed by atoms with E-state index in [1.165, 1.54) is 10.6 Å². The van der Waals surface area contributed by atoms with E-state index in [1.807, 2.05) is 12.4 Å². The van der Waals surface area contributed by atoms with Gasteiger partial charge in [-0.05, 0) is 12.6 Å². The molecule has 64 valence electrons. The fourth-order valence-corrected chi connectivity index (χ4v) is 2.55. The Bertz CT molecular complexity index is 487. The summed E-state index contributed by atoms with van der Waals surface area (Å²) < 4.78 is 1.16. The Balaban J connectivity index is 2.37. The second-order valence-electron chi connectivity index (χ2n) is 2.90. The van der Waals surface area contributed by atoms with Crippen molar-refractivity contribution < 1.29 is 0 Å². The minimum Gasteiger partial charge on any atom is -0.354 e. The first kappa shape index (κ1) is 7.03. The van der Waals surface area contributed by atoms with Crippen LogP contribution in [-0.4, -0.2) is 9.97 Å². The van der Waals surface area contributed by atoms with Gasteiger partial charge in [-0.2, -0.15) is 0 Å². The van der Waals surface area contributed by atoms with Crippen molar-refractivity contribution in [2.45, 2.75) is 6.42 Å². The van der Waals surface area contributed by atoms with Gasteiger partial charge in [0.05, 0.1) is 15.2 Å². The highest BCUT2D eigenvalue weighted by Gasteiger charge is 2.13. The Kier molecular flexibility index (Phi) is 1.37. The van der Waals surface area contributed by atoms with Crippen LogP contribution in [0.3, 0.4) is 0 Å². The van der Waals surface area contributed by atoms with Crippen molar-refractivity contribution in [3.05, 3.63) is 30.4 Å². The van der Waals surface area contributed by atoms with E-state index in [0.717, 1.165) is 16.6 Å². The van der Waals surface area contributed by atoms with Crippen molar-refractivity contribution in [3.63, 3.8) is 0 Å². The van der Waals surface area contributed by atoms with Crippen LogP contribution in [0.1, 0.15) is 5.56 Å². The lowest BCUT2D eigenvalue weighted by atomic mass is 10.1. The van der Waals surface area contributed by atoms with Gasteiger partial charge in [-0.1, -0.05) is 6.08 Å². The molecule has 0 bridgehead atoms. The first-order valence-electron chi connectivity index (χ1n) is 4.08. The smallest absolute Gasteiger partial charge is 0.116 e. The summed E-state index contributed by atoms with van der Waals surface area (Å²) in [5, 5.41) is 4.43. The van der Waals surface area contributed by atoms with E-state index >= 15 is 0 Å². The lowest BCUT2D eigenvalue weighted by Crippen LogP contribution is -1.95. The molecule has 0 fully saturated rings. The molecule has 3 nitrogen and oxygen atoms in total. The molecule has 13 heavy (non-hydrogen) atoms. The normalized spacial score (nSPS) is 14.2. The first-order chi connectivity index (χ1) is 6.45. The molecule has 0 atom stereocenters. The third kappa shape index (κ3) is 0.954. The van der Waals surface area contributed by atoms with E-state index in [4.69, 9.17) is 0 Å². The van der Waals surface area contributed by atoms with Gasteiger partial charge in [0.25, 0.3) is 0 Å². The molecule has 1 aliphatic rings. The van der Waals surface area contributed by atoms with Crippen molar-refractivity contribution in [2.24, 2.45) is 0 Å². The highest BCUT2D eigenvalue weighted by Crippen LogP contribution is 2.35. The Morgan fingerprint density at radius 3 is 3.46 bits per heavy atom. The molecule has 0 aliphatic carbocycles. The molecule has 2 aromatic rings. The van der Waals surface area contributed by atoms with Crippen LogP contribution in [0.4, 0.5) is 5.00 Å². The van der Waals surface area contributed by atoms with Crippen LogP contribution >= 0.6 is 11.3 Å². The number of hydrogen-bond acceptors (Lipinski definition) is 4. The lowest BCUT2D eigenvalue weighted by molar-refractivity contribution is 1.19. The summed E-state index contributed by atoms with van der Waals surface area (Å²) >= 11 is 1.71. The number of thiophene rings is 1. The number of anilines is 1. The molecule has 2 aromatic heterocycles. The lowest BCUT2D eigenvalue weighted by Gasteiger charge is -2.05. The summed E-state index contributed by atoms with van der Waals surface area (Å²) in [6.45, 7) is 0. The molecular formula is C9H7N3S. The summed E-state index contributed by atoms with van der Waals surface area (Å²) in [5.74, 6) is 0. The van der Waals surface area contributed by atoms with E-state index in [9.17, 15) is 0 Å². The second kappa shape index (κ2) is 2.53. The minimum atomic E-state index is 0.972. The van der Waals surface area contributed by atoms with Crippen LogP contribution in [0.2, 0.25) is 0 Å². The fraction of sp³-hybridized carbons (Fsp3) is 0.111. The first-order valence-corrected chi connectivity index (χ1v) is 4.90. The van der Waals surface area contributed by atoms with Gasteiger partial charge in [0.1, 0.15) is 6.33 Å². The molecule has 4 heteroatoms. The van der Waals surface area contributed by atoms with Crippen molar-refractivity contribution >= 4 is 26.6 Å². The number of rotatable bonds is 0. The predicted molar refractivity (Wildman–Crippen MR) is 53.9 cm³/mol.